The maximum absolute atomic E-state index is 11.6. The zero-order valence-electron chi connectivity index (χ0n) is 9.81. The SMILES string of the molecule is CC(C)C(S)C(=O)NCCc1ccccc1. The Morgan fingerprint density at radius 2 is 1.94 bits per heavy atom. The van der Waals surface area contributed by atoms with E-state index in [1.54, 1.807) is 0 Å². The molecule has 2 nitrogen and oxygen atoms in total. The quantitative estimate of drug-likeness (QED) is 0.756. The van der Waals surface area contributed by atoms with Gasteiger partial charge in [-0.05, 0) is 17.9 Å². The summed E-state index contributed by atoms with van der Waals surface area (Å²) in [6.07, 6.45) is 0.866. The molecule has 88 valence electrons. The first kappa shape index (κ1) is 13.1. The molecular weight excluding hydrogens is 218 g/mol. The van der Waals surface area contributed by atoms with Crippen molar-refractivity contribution in [1.82, 2.24) is 5.32 Å². The molecule has 0 fully saturated rings. The summed E-state index contributed by atoms with van der Waals surface area (Å²) in [6.45, 7) is 4.66. The average Bonchev–Trinajstić information content (AvgIpc) is 2.29. The number of carbonyl (C=O) groups is 1. The zero-order chi connectivity index (χ0) is 12.0. The third-order valence-electron chi connectivity index (χ3n) is 2.46. The Labute approximate surface area is 103 Å². The Bertz CT molecular complexity index is 324. The molecule has 0 spiro atoms. The fourth-order valence-electron chi connectivity index (χ4n) is 1.38. The van der Waals surface area contributed by atoms with E-state index in [2.05, 4.69) is 30.1 Å². The molecule has 1 aromatic rings. The van der Waals surface area contributed by atoms with Crippen LogP contribution in [-0.4, -0.2) is 17.7 Å². The minimum absolute atomic E-state index is 0.0225. The van der Waals surface area contributed by atoms with Gasteiger partial charge in [0.25, 0.3) is 0 Å². The van der Waals surface area contributed by atoms with Gasteiger partial charge in [-0.15, -0.1) is 0 Å². The van der Waals surface area contributed by atoms with Crippen LogP contribution in [-0.2, 0) is 11.2 Å². The van der Waals surface area contributed by atoms with E-state index in [-0.39, 0.29) is 17.1 Å². The van der Waals surface area contributed by atoms with Crippen molar-refractivity contribution in [2.24, 2.45) is 5.92 Å². The largest absolute Gasteiger partial charge is 0.355 e. The highest BCUT2D eigenvalue weighted by molar-refractivity contribution is 7.81. The summed E-state index contributed by atoms with van der Waals surface area (Å²) in [5.41, 5.74) is 1.24. The van der Waals surface area contributed by atoms with Gasteiger partial charge in [0.15, 0.2) is 0 Å². The Morgan fingerprint density at radius 3 is 2.50 bits per heavy atom. The number of carbonyl (C=O) groups excluding carboxylic acids is 1. The molecule has 1 rings (SSSR count). The number of benzene rings is 1. The molecule has 0 aliphatic heterocycles. The number of amides is 1. The maximum Gasteiger partial charge on any atom is 0.233 e. The maximum atomic E-state index is 11.6. The van der Waals surface area contributed by atoms with Crippen LogP contribution in [0.2, 0.25) is 0 Å². The molecule has 16 heavy (non-hydrogen) atoms. The Hall–Kier alpha value is -0.960. The summed E-state index contributed by atoms with van der Waals surface area (Å²) in [4.78, 5) is 11.6. The number of hydrogen-bond donors (Lipinski definition) is 2. The topological polar surface area (TPSA) is 29.1 Å². The highest BCUT2D eigenvalue weighted by Gasteiger charge is 2.16. The van der Waals surface area contributed by atoms with Gasteiger partial charge in [0.05, 0.1) is 5.25 Å². The third kappa shape index (κ3) is 4.27. The van der Waals surface area contributed by atoms with Crippen LogP contribution in [0.4, 0.5) is 0 Å². The van der Waals surface area contributed by atoms with Crippen LogP contribution in [0.1, 0.15) is 19.4 Å². The van der Waals surface area contributed by atoms with E-state index < -0.39 is 0 Å². The minimum atomic E-state index is -0.212. The number of hydrogen-bond acceptors (Lipinski definition) is 2. The monoisotopic (exact) mass is 237 g/mol. The molecule has 1 unspecified atom stereocenters. The third-order valence-corrected chi connectivity index (χ3v) is 3.29. The van der Waals surface area contributed by atoms with Crippen molar-refractivity contribution in [3.8, 4) is 0 Å². The minimum Gasteiger partial charge on any atom is -0.355 e. The van der Waals surface area contributed by atoms with Gasteiger partial charge in [0, 0.05) is 6.54 Å². The fourth-order valence-corrected chi connectivity index (χ4v) is 1.47. The molecule has 0 aliphatic carbocycles. The molecule has 1 N–H and O–H groups in total. The van der Waals surface area contributed by atoms with E-state index in [1.165, 1.54) is 5.56 Å². The molecule has 0 bridgehead atoms. The fraction of sp³-hybridized carbons (Fsp3) is 0.462. The lowest BCUT2D eigenvalue weighted by atomic mass is 10.1. The molecule has 1 atom stereocenters. The van der Waals surface area contributed by atoms with E-state index >= 15 is 0 Å². The van der Waals surface area contributed by atoms with Crippen LogP contribution >= 0.6 is 12.6 Å². The van der Waals surface area contributed by atoms with Gasteiger partial charge in [-0.3, -0.25) is 4.79 Å². The Morgan fingerprint density at radius 1 is 1.31 bits per heavy atom. The van der Waals surface area contributed by atoms with Crippen LogP contribution in [0.25, 0.3) is 0 Å². The lowest BCUT2D eigenvalue weighted by molar-refractivity contribution is -0.121. The smallest absolute Gasteiger partial charge is 0.233 e. The predicted molar refractivity (Wildman–Crippen MR) is 70.8 cm³/mol. The second-order valence-electron chi connectivity index (χ2n) is 4.22. The average molecular weight is 237 g/mol. The van der Waals surface area contributed by atoms with Gasteiger partial charge in [0.1, 0.15) is 0 Å². The zero-order valence-corrected chi connectivity index (χ0v) is 10.7. The lowest BCUT2D eigenvalue weighted by Gasteiger charge is -2.14. The van der Waals surface area contributed by atoms with Crippen LogP contribution < -0.4 is 5.32 Å². The summed E-state index contributed by atoms with van der Waals surface area (Å²) in [7, 11) is 0. The number of nitrogens with one attached hydrogen (secondary N) is 1. The highest BCUT2D eigenvalue weighted by atomic mass is 32.1. The van der Waals surface area contributed by atoms with Gasteiger partial charge in [-0.2, -0.15) is 12.6 Å². The van der Waals surface area contributed by atoms with Crippen LogP contribution in [0.3, 0.4) is 0 Å². The first-order chi connectivity index (χ1) is 7.61. The first-order valence-corrected chi connectivity index (χ1v) is 6.12. The second kappa shape index (κ2) is 6.59. The van der Waals surface area contributed by atoms with Crippen molar-refractivity contribution in [2.75, 3.05) is 6.54 Å². The Balaban J connectivity index is 2.28. The predicted octanol–water partition coefficient (Wildman–Crippen LogP) is 2.30. The summed E-state index contributed by atoms with van der Waals surface area (Å²) in [5.74, 6) is 0.286. The van der Waals surface area contributed by atoms with Crippen molar-refractivity contribution in [3.05, 3.63) is 35.9 Å². The van der Waals surface area contributed by atoms with Gasteiger partial charge in [0.2, 0.25) is 5.91 Å². The van der Waals surface area contributed by atoms with Crippen molar-refractivity contribution in [3.63, 3.8) is 0 Å². The Kier molecular flexibility index (Phi) is 5.39. The molecule has 0 radical (unpaired) electrons. The molecule has 0 heterocycles. The molecular formula is C13H19NOS. The molecule has 0 saturated heterocycles. The first-order valence-electron chi connectivity index (χ1n) is 5.61. The molecule has 0 aromatic heterocycles. The standard InChI is InChI=1S/C13H19NOS/c1-10(2)12(16)13(15)14-9-8-11-6-4-3-5-7-11/h3-7,10,12,16H,8-9H2,1-2H3,(H,14,15). The second-order valence-corrected chi connectivity index (χ2v) is 4.77. The van der Waals surface area contributed by atoms with E-state index in [0.29, 0.717) is 6.54 Å². The number of thiol groups is 1. The van der Waals surface area contributed by atoms with Crippen molar-refractivity contribution >= 4 is 18.5 Å². The van der Waals surface area contributed by atoms with E-state index in [9.17, 15) is 4.79 Å². The van der Waals surface area contributed by atoms with Gasteiger partial charge >= 0.3 is 0 Å². The lowest BCUT2D eigenvalue weighted by Crippen LogP contribution is -2.35. The van der Waals surface area contributed by atoms with Gasteiger partial charge in [-0.25, -0.2) is 0 Å². The van der Waals surface area contributed by atoms with Crippen LogP contribution in [0.5, 0.6) is 0 Å². The summed E-state index contributed by atoms with van der Waals surface area (Å²) < 4.78 is 0. The van der Waals surface area contributed by atoms with Gasteiger partial charge in [-0.1, -0.05) is 44.2 Å². The molecule has 0 saturated carbocycles. The highest BCUT2D eigenvalue weighted by Crippen LogP contribution is 2.08. The van der Waals surface area contributed by atoms with E-state index in [4.69, 9.17) is 0 Å². The van der Waals surface area contributed by atoms with Crippen molar-refractivity contribution in [1.29, 1.82) is 0 Å². The summed E-state index contributed by atoms with van der Waals surface area (Å²) in [5, 5.41) is 2.68. The van der Waals surface area contributed by atoms with Gasteiger partial charge < -0.3 is 5.32 Å². The van der Waals surface area contributed by atoms with E-state index in [1.807, 2.05) is 32.0 Å². The molecule has 1 aromatic carbocycles. The summed E-state index contributed by atoms with van der Waals surface area (Å²) >= 11 is 4.27. The van der Waals surface area contributed by atoms with Crippen LogP contribution in [0, 0.1) is 5.92 Å². The van der Waals surface area contributed by atoms with E-state index in [0.717, 1.165) is 6.42 Å². The van der Waals surface area contributed by atoms with Crippen molar-refractivity contribution < 1.29 is 4.79 Å². The number of rotatable bonds is 5. The molecule has 0 aliphatic rings. The molecule has 3 heteroatoms. The summed E-state index contributed by atoms with van der Waals surface area (Å²) in [6, 6.07) is 10.1. The van der Waals surface area contributed by atoms with Crippen LogP contribution in [0.15, 0.2) is 30.3 Å². The normalized spacial score (nSPS) is 12.5. The molecule has 1 amide bonds. The van der Waals surface area contributed by atoms with Crippen molar-refractivity contribution in [2.45, 2.75) is 25.5 Å².